The molecule has 0 nitrogen and oxygen atoms in total. The largest absolute Gasteiger partial charge is 0.207 e. The summed E-state index contributed by atoms with van der Waals surface area (Å²) in [7, 11) is 0. The second-order valence-electron chi connectivity index (χ2n) is 3.79. The molecule has 100 valence electrons. The van der Waals surface area contributed by atoms with Gasteiger partial charge in [0.15, 0.2) is 11.6 Å². The lowest BCUT2D eigenvalue weighted by atomic mass is 10.0. The van der Waals surface area contributed by atoms with E-state index < -0.39 is 28.6 Å². The van der Waals surface area contributed by atoms with Crippen LogP contribution in [0.3, 0.4) is 0 Å². The molecule has 1 unspecified atom stereocenters. The van der Waals surface area contributed by atoms with Crippen LogP contribution in [-0.2, 0) is 0 Å². The highest BCUT2D eigenvalue weighted by Crippen LogP contribution is 2.36. The predicted octanol–water partition coefficient (Wildman–Crippen LogP) is 5.33. The van der Waals surface area contributed by atoms with Crippen molar-refractivity contribution in [3.8, 4) is 0 Å². The maximum absolute atomic E-state index is 13.6. The number of alkyl halides is 1. The van der Waals surface area contributed by atoms with Crippen LogP contribution in [0.15, 0.2) is 34.8 Å². The maximum atomic E-state index is 13.6. The summed E-state index contributed by atoms with van der Waals surface area (Å²) in [4.78, 5) is 0. The summed E-state index contributed by atoms with van der Waals surface area (Å²) in [6.07, 6.45) is 0. The van der Waals surface area contributed by atoms with E-state index in [0.717, 1.165) is 0 Å². The topological polar surface area (TPSA) is 0 Å². The average Bonchev–Trinajstić information content (AvgIpc) is 2.36. The Balaban J connectivity index is 2.53. The third kappa shape index (κ3) is 2.77. The van der Waals surface area contributed by atoms with Crippen LogP contribution in [0.2, 0.25) is 0 Å². The molecule has 0 N–H and O–H groups in total. The number of benzene rings is 2. The molecule has 0 bridgehead atoms. The fraction of sp³-hybridized carbons (Fsp3) is 0.0769. The smallest absolute Gasteiger partial charge is 0.161 e. The standard InChI is InChI=1S/C13H6BrClF4/c14-12-6(2-1-3-8(12)16)13(15)7-4-10(18)11(19)5-9(7)17/h1-5,13H. The summed E-state index contributed by atoms with van der Waals surface area (Å²) in [5.74, 6) is -4.08. The van der Waals surface area contributed by atoms with E-state index in [1.54, 1.807) is 0 Å². The third-order valence-electron chi connectivity index (χ3n) is 2.57. The Hall–Kier alpha value is -1.07. The molecule has 19 heavy (non-hydrogen) atoms. The molecule has 6 heteroatoms. The van der Waals surface area contributed by atoms with Crippen molar-refractivity contribution in [3.05, 3.63) is 69.2 Å². The van der Waals surface area contributed by atoms with E-state index in [1.165, 1.54) is 18.2 Å². The monoisotopic (exact) mass is 352 g/mol. The average molecular weight is 354 g/mol. The van der Waals surface area contributed by atoms with E-state index in [1.807, 2.05) is 0 Å². The number of hydrogen-bond acceptors (Lipinski definition) is 0. The number of hydrogen-bond donors (Lipinski definition) is 0. The number of rotatable bonds is 2. The van der Waals surface area contributed by atoms with Crippen molar-refractivity contribution < 1.29 is 17.6 Å². The Morgan fingerprint density at radius 1 is 0.842 bits per heavy atom. The van der Waals surface area contributed by atoms with Crippen LogP contribution < -0.4 is 0 Å². The predicted molar refractivity (Wildman–Crippen MR) is 68.1 cm³/mol. The number of halogens is 6. The molecule has 0 aliphatic heterocycles. The Morgan fingerprint density at radius 3 is 2.16 bits per heavy atom. The molecule has 2 aromatic carbocycles. The molecular weight excluding hydrogens is 347 g/mol. The van der Waals surface area contributed by atoms with Crippen molar-refractivity contribution in [3.63, 3.8) is 0 Å². The fourth-order valence-electron chi connectivity index (χ4n) is 1.62. The van der Waals surface area contributed by atoms with Gasteiger partial charge < -0.3 is 0 Å². The first-order valence-corrected chi connectivity index (χ1v) is 6.37. The van der Waals surface area contributed by atoms with Crippen LogP contribution in [0.1, 0.15) is 16.5 Å². The van der Waals surface area contributed by atoms with Crippen molar-refractivity contribution in [1.29, 1.82) is 0 Å². The molecule has 0 radical (unpaired) electrons. The Bertz CT molecular complexity index is 630. The zero-order chi connectivity index (χ0) is 14.2. The van der Waals surface area contributed by atoms with Crippen LogP contribution in [0.25, 0.3) is 0 Å². The highest BCUT2D eigenvalue weighted by atomic mass is 79.9. The summed E-state index contributed by atoms with van der Waals surface area (Å²) in [6, 6.07) is 5.12. The lowest BCUT2D eigenvalue weighted by Crippen LogP contribution is -2.01. The van der Waals surface area contributed by atoms with E-state index in [4.69, 9.17) is 11.6 Å². The molecular formula is C13H6BrClF4. The van der Waals surface area contributed by atoms with Crippen molar-refractivity contribution >= 4 is 27.5 Å². The van der Waals surface area contributed by atoms with E-state index in [-0.39, 0.29) is 15.6 Å². The van der Waals surface area contributed by atoms with Gasteiger partial charge in [0.1, 0.15) is 11.6 Å². The molecule has 0 aliphatic carbocycles. The van der Waals surface area contributed by atoms with Crippen molar-refractivity contribution in [2.24, 2.45) is 0 Å². The lowest BCUT2D eigenvalue weighted by Gasteiger charge is -2.14. The van der Waals surface area contributed by atoms with Crippen molar-refractivity contribution in [2.45, 2.75) is 5.38 Å². The van der Waals surface area contributed by atoms with Crippen LogP contribution in [-0.4, -0.2) is 0 Å². The third-order valence-corrected chi connectivity index (χ3v) is 3.87. The van der Waals surface area contributed by atoms with Gasteiger partial charge in [0.25, 0.3) is 0 Å². The molecule has 0 aliphatic rings. The Kier molecular flexibility index (Phi) is 4.16. The fourth-order valence-corrected chi connectivity index (χ4v) is 2.59. The van der Waals surface area contributed by atoms with Crippen molar-refractivity contribution in [1.82, 2.24) is 0 Å². The molecule has 0 fully saturated rings. The van der Waals surface area contributed by atoms with Gasteiger partial charge in [0, 0.05) is 11.6 Å². The molecule has 0 saturated heterocycles. The van der Waals surface area contributed by atoms with Gasteiger partial charge in [0.2, 0.25) is 0 Å². The van der Waals surface area contributed by atoms with Gasteiger partial charge in [-0.2, -0.15) is 0 Å². The van der Waals surface area contributed by atoms with Crippen LogP contribution in [0.5, 0.6) is 0 Å². The molecule has 2 aromatic rings. The van der Waals surface area contributed by atoms with E-state index in [2.05, 4.69) is 15.9 Å². The highest BCUT2D eigenvalue weighted by molar-refractivity contribution is 9.10. The van der Waals surface area contributed by atoms with Gasteiger partial charge >= 0.3 is 0 Å². The quantitative estimate of drug-likeness (QED) is 0.389. The van der Waals surface area contributed by atoms with Gasteiger partial charge in [-0.1, -0.05) is 12.1 Å². The minimum atomic E-state index is -1.30. The summed E-state index contributed by atoms with van der Waals surface area (Å²) in [5, 5.41) is -1.14. The summed E-state index contributed by atoms with van der Waals surface area (Å²) in [5.41, 5.74) is -0.0292. The van der Waals surface area contributed by atoms with Gasteiger partial charge in [0.05, 0.1) is 9.85 Å². The SMILES string of the molecule is Fc1cc(F)c(C(Cl)c2cccc(F)c2Br)cc1F. The second-order valence-corrected chi connectivity index (χ2v) is 5.02. The van der Waals surface area contributed by atoms with Crippen molar-refractivity contribution in [2.75, 3.05) is 0 Å². The molecule has 0 saturated carbocycles. The molecule has 0 aromatic heterocycles. The Labute approximate surface area is 120 Å². The van der Waals surface area contributed by atoms with Gasteiger partial charge in [-0.15, -0.1) is 11.6 Å². The summed E-state index contributed by atoms with van der Waals surface area (Å²) in [6.45, 7) is 0. The van der Waals surface area contributed by atoms with E-state index in [0.29, 0.717) is 12.1 Å². The zero-order valence-electron chi connectivity index (χ0n) is 9.23. The molecule has 0 spiro atoms. The minimum Gasteiger partial charge on any atom is -0.207 e. The first-order chi connectivity index (χ1) is 8.91. The molecule has 0 amide bonds. The highest BCUT2D eigenvalue weighted by Gasteiger charge is 2.21. The molecule has 1 atom stereocenters. The summed E-state index contributed by atoms with van der Waals surface area (Å²) < 4.78 is 53.0. The normalized spacial score (nSPS) is 12.5. The van der Waals surface area contributed by atoms with E-state index >= 15 is 0 Å². The van der Waals surface area contributed by atoms with Gasteiger partial charge in [-0.25, -0.2) is 17.6 Å². The van der Waals surface area contributed by atoms with Gasteiger partial charge in [-0.05, 0) is 33.6 Å². The summed E-state index contributed by atoms with van der Waals surface area (Å²) >= 11 is 9.00. The lowest BCUT2D eigenvalue weighted by molar-refractivity contribution is 0.490. The zero-order valence-corrected chi connectivity index (χ0v) is 11.6. The maximum Gasteiger partial charge on any atom is 0.161 e. The second kappa shape index (κ2) is 5.51. The van der Waals surface area contributed by atoms with Gasteiger partial charge in [-0.3, -0.25) is 0 Å². The minimum absolute atomic E-state index is 0.0548. The first kappa shape index (κ1) is 14.3. The first-order valence-electron chi connectivity index (χ1n) is 5.14. The van der Waals surface area contributed by atoms with E-state index in [9.17, 15) is 17.6 Å². The molecule has 2 rings (SSSR count). The Morgan fingerprint density at radius 2 is 1.47 bits per heavy atom. The van der Waals surface area contributed by atoms with Crippen LogP contribution in [0.4, 0.5) is 17.6 Å². The van der Waals surface area contributed by atoms with Crippen LogP contribution >= 0.6 is 27.5 Å². The van der Waals surface area contributed by atoms with Crippen LogP contribution in [0, 0.1) is 23.3 Å². The molecule has 0 heterocycles.